The molecule has 0 aromatic carbocycles. The molecule has 0 heterocycles. The first-order valence-electron chi connectivity index (χ1n) is 5.47. The molecule has 3 aliphatic rings. The van der Waals surface area contributed by atoms with Crippen LogP contribution in [0.5, 0.6) is 0 Å². The van der Waals surface area contributed by atoms with Gasteiger partial charge in [-0.2, -0.15) is 0 Å². The SMILES string of the molecule is O=C(O)C1=CC2C3C[C@@H](C=C3C(=O)O)C2C1. The minimum absolute atomic E-state index is 0.0457. The van der Waals surface area contributed by atoms with Crippen LogP contribution in [0.2, 0.25) is 0 Å². The Kier molecular flexibility index (Phi) is 1.79. The Balaban J connectivity index is 1.92. The van der Waals surface area contributed by atoms with Gasteiger partial charge >= 0.3 is 11.9 Å². The van der Waals surface area contributed by atoms with E-state index < -0.39 is 11.9 Å². The van der Waals surface area contributed by atoms with Crippen LogP contribution in [0.4, 0.5) is 0 Å². The zero-order valence-electron chi connectivity index (χ0n) is 8.59. The van der Waals surface area contributed by atoms with E-state index in [-0.39, 0.29) is 17.8 Å². The molecule has 0 saturated heterocycles. The van der Waals surface area contributed by atoms with Crippen molar-refractivity contribution in [3.63, 3.8) is 0 Å². The monoisotopic (exact) mass is 220 g/mol. The second kappa shape index (κ2) is 2.97. The Morgan fingerprint density at radius 3 is 2.56 bits per heavy atom. The minimum Gasteiger partial charge on any atom is -0.478 e. The van der Waals surface area contributed by atoms with Gasteiger partial charge in [0.15, 0.2) is 0 Å². The molecule has 4 heteroatoms. The third kappa shape index (κ3) is 1.10. The van der Waals surface area contributed by atoms with Gasteiger partial charge in [0.1, 0.15) is 0 Å². The van der Waals surface area contributed by atoms with E-state index in [1.54, 1.807) is 6.08 Å². The lowest BCUT2D eigenvalue weighted by atomic mass is 9.81. The summed E-state index contributed by atoms with van der Waals surface area (Å²) in [5.74, 6) is -0.904. The molecule has 3 unspecified atom stereocenters. The smallest absolute Gasteiger partial charge is 0.331 e. The van der Waals surface area contributed by atoms with Crippen molar-refractivity contribution >= 4 is 11.9 Å². The number of carboxylic acid groups (broad SMARTS) is 2. The Hall–Kier alpha value is -1.58. The molecule has 3 rings (SSSR count). The average Bonchev–Trinajstić information content (AvgIpc) is 2.87. The van der Waals surface area contributed by atoms with Gasteiger partial charge < -0.3 is 10.2 Å². The van der Waals surface area contributed by atoms with E-state index in [4.69, 9.17) is 10.2 Å². The van der Waals surface area contributed by atoms with Gasteiger partial charge in [0.2, 0.25) is 0 Å². The molecule has 2 N–H and O–H groups in total. The average molecular weight is 220 g/mol. The summed E-state index contributed by atoms with van der Waals surface area (Å²) in [7, 11) is 0. The summed E-state index contributed by atoms with van der Waals surface area (Å²) in [4.78, 5) is 21.9. The van der Waals surface area contributed by atoms with Crippen molar-refractivity contribution in [1.29, 1.82) is 0 Å². The fourth-order valence-electron chi connectivity index (χ4n) is 3.56. The van der Waals surface area contributed by atoms with Crippen LogP contribution >= 0.6 is 0 Å². The Morgan fingerprint density at radius 2 is 1.94 bits per heavy atom. The van der Waals surface area contributed by atoms with Crippen LogP contribution in [-0.4, -0.2) is 22.2 Å². The summed E-state index contributed by atoms with van der Waals surface area (Å²) in [6.07, 6.45) is 5.12. The van der Waals surface area contributed by atoms with E-state index in [9.17, 15) is 9.59 Å². The number of aliphatic carboxylic acids is 2. The lowest BCUT2D eigenvalue weighted by Crippen LogP contribution is -2.20. The number of allylic oxidation sites excluding steroid dienone is 2. The maximum Gasteiger partial charge on any atom is 0.331 e. The second-order valence-electron chi connectivity index (χ2n) is 4.88. The maximum atomic E-state index is 11.0. The van der Waals surface area contributed by atoms with Crippen LogP contribution in [0.3, 0.4) is 0 Å². The fraction of sp³-hybridized carbons (Fsp3) is 0.500. The van der Waals surface area contributed by atoms with E-state index in [0.29, 0.717) is 23.5 Å². The highest BCUT2D eigenvalue weighted by Crippen LogP contribution is 2.57. The largest absolute Gasteiger partial charge is 0.478 e. The number of fused-ring (bicyclic) bond motifs is 5. The van der Waals surface area contributed by atoms with Crippen molar-refractivity contribution < 1.29 is 19.8 Å². The van der Waals surface area contributed by atoms with Crippen molar-refractivity contribution in [2.45, 2.75) is 12.8 Å². The predicted molar refractivity (Wildman–Crippen MR) is 54.6 cm³/mol. The van der Waals surface area contributed by atoms with Crippen LogP contribution in [0.15, 0.2) is 23.3 Å². The number of rotatable bonds is 2. The summed E-state index contributed by atoms with van der Waals surface area (Å²) in [5.41, 5.74) is 0.957. The molecular formula is C12H12O4. The number of carbonyl (C=O) groups is 2. The minimum atomic E-state index is -0.856. The van der Waals surface area contributed by atoms with E-state index in [1.165, 1.54) is 0 Å². The molecule has 0 radical (unpaired) electrons. The van der Waals surface area contributed by atoms with E-state index in [2.05, 4.69) is 0 Å². The standard InChI is InChI=1S/C12H12O4/c13-11(14)6-3-7-5-1-9(8(7)4-6)10(2-5)12(15)16/h2,4-5,7-9H,1,3H2,(H,13,14)(H,15,16)/t5-,7?,8?,9?/m0/s1. The Bertz CT molecular complexity index is 446. The predicted octanol–water partition coefficient (Wildman–Crippen LogP) is 1.29. The molecule has 1 saturated carbocycles. The maximum absolute atomic E-state index is 11.0. The first-order chi connectivity index (χ1) is 7.58. The normalized spacial score (nSPS) is 39.2. The van der Waals surface area contributed by atoms with Crippen molar-refractivity contribution in [2.24, 2.45) is 23.7 Å². The zero-order valence-corrected chi connectivity index (χ0v) is 8.59. The molecule has 3 aliphatic carbocycles. The van der Waals surface area contributed by atoms with Gasteiger partial charge in [-0.05, 0) is 36.5 Å². The number of hydrogen-bond donors (Lipinski definition) is 2. The molecule has 0 spiro atoms. The van der Waals surface area contributed by atoms with Crippen molar-refractivity contribution in [2.75, 3.05) is 0 Å². The highest BCUT2D eigenvalue weighted by molar-refractivity contribution is 5.90. The van der Waals surface area contributed by atoms with E-state index >= 15 is 0 Å². The first kappa shape index (κ1) is 9.63. The molecule has 84 valence electrons. The Labute approximate surface area is 92.3 Å². The zero-order chi connectivity index (χ0) is 11.4. The molecule has 0 amide bonds. The second-order valence-corrected chi connectivity index (χ2v) is 4.88. The van der Waals surface area contributed by atoms with Gasteiger partial charge in [0.25, 0.3) is 0 Å². The van der Waals surface area contributed by atoms with Gasteiger partial charge in [-0.25, -0.2) is 9.59 Å². The highest BCUT2D eigenvalue weighted by atomic mass is 16.4. The Morgan fingerprint density at radius 1 is 1.19 bits per heavy atom. The summed E-state index contributed by atoms with van der Waals surface area (Å²) in [6, 6.07) is 0. The molecule has 4 nitrogen and oxygen atoms in total. The summed E-state index contributed by atoms with van der Waals surface area (Å²) < 4.78 is 0. The van der Waals surface area contributed by atoms with E-state index in [1.807, 2.05) is 6.08 Å². The molecule has 16 heavy (non-hydrogen) atoms. The van der Waals surface area contributed by atoms with Crippen LogP contribution in [0.25, 0.3) is 0 Å². The van der Waals surface area contributed by atoms with Gasteiger partial charge in [0, 0.05) is 11.1 Å². The van der Waals surface area contributed by atoms with Crippen LogP contribution < -0.4 is 0 Å². The van der Waals surface area contributed by atoms with Gasteiger partial charge in [-0.1, -0.05) is 12.2 Å². The first-order valence-corrected chi connectivity index (χ1v) is 5.47. The van der Waals surface area contributed by atoms with Gasteiger partial charge in [-0.15, -0.1) is 0 Å². The molecular weight excluding hydrogens is 208 g/mol. The number of carboxylic acids is 2. The lowest BCUT2D eigenvalue weighted by Gasteiger charge is -2.22. The molecule has 4 atom stereocenters. The van der Waals surface area contributed by atoms with E-state index in [0.717, 1.165) is 6.42 Å². The lowest BCUT2D eigenvalue weighted by molar-refractivity contribution is -0.134. The van der Waals surface area contributed by atoms with Crippen molar-refractivity contribution in [3.8, 4) is 0 Å². The topological polar surface area (TPSA) is 74.6 Å². The molecule has 0 aromatic heterocycles. The molecule has 2 bridgehead atoms. The highest BCUT2D eigenvalue weighted by Gasteiger charge is 2.51. The molecule has 0 aliphatic heterocycles. The number of hydrogen-bond acceptors (Lipinski definition) is 2. The van der Waals surface area contributed by atoms with Crippen LogP contribution in [0.1, 0.15) is 12.8 Å². The van der Waals surface area contributed by atoms with Gasteiger partial charge in [-0.3, -0.25) is 0 Å². The molecule has 0 aromatic rings. The van der Waals surface area contributed by atoms with Crippen LogP contribution in [0, 0.1) is 23.7 Å². The summed E-state index contributed by atoms with van der Waals surface area (Å²) in [6.45, 7) is 0. The van der Waals surface area contributed by atoms with Crippen LogP contribution in [-0.2, 0) is 9.59 Å². The third-order valence-corrected chi connectivity index (χ3v) is 4.20. The summed E-state index contributed by atoms with van der Waals surface area (Å²) >= 11 is 0. The fourth-order valence-corrected chi connectivity index (χ4v) is 3.56. The van der Waals surface area contributed by atoms with Crippen molar-refractivity contribution in [3.05, 3.63) is 23.3 Å². The molecule has 1 fully saturated rings. The quantitative estimate of drug-likeness (QED) is 0.735. The summed E-state index contributed by atoms with van der Waals surface area (Å²) in [5, 5.41) is 18.0. The van der Waals surface area contributed by atoms with Gasteiger partial charge in [0.05, 0.1) is 0 Å². The van der Waals surface area contributed by atoms with Crippen molar-refractivity contribution in [1.82, 2.24) is 0 Å². The third-order valence-electron chi connectivity index (χ3n) is 4.20.